The van der Waals surface area contributed by atoms with Crippen LogP contribution in [0.4, 0.5) is 5.69 Å². The lowest BCUT2D eigenvalue weighted by atomic mass is 10.1. The van der Waals surface area contributed by atoms with Gasteiger partial charge in [-0.25, -0.2) is 0 Å². The fraction of sp³-hybridized carbons (Fsp3) is 0.500. The van der Waals surface area contributed by atoms with E-state index in [-0.39, 0.29) is 18.7 Å². The molecule has 2 aromatic carbocycles. The van der Waals surface area contributed by atoms with E-state index < -0.39 is 53.8 Å². The van der Waals surface area contributed by atoms with Gasteiger partial charge in [0, 0.05) is 30.1 Å². The number of esters is 1. The quantitative estimate of drug-likeness (QED) is 0.209. The molecular formula is C32H43N5O8S. The third-order valence-corrected chi connectivity index (χ3v) is 8.32. The lowest BCUT2D eigenvalue weighted by Crippen LogP contribution is -2.56. The summed E-state index contributed by atoms with van der Waals surface area (Å²) in [4.78, 5) is 77.7. The highest BCUT2D eigenvalue weighted by Crippen LogP contribution is 2.30. The summed E-state index contributed by atoms with van der Waals surface area (Å²) in [6.45, 7) is 3.28. The summed E-state index contributed by atoms with van der Waals surface area (Å²) in [5.74, 6) is -1.72. The van der Waals surface area contributed by atoms with Crippen molar-refractivity contribution in [2.24, 2.45) is 0 Å². The maximum atomic E-state index is 13.5. The molecule has 14 heteroatoms. The molecule has 0 aliphatic carbocycles. The number of carbonyl (C=O) groups is 6. The van der Waals surface area contributed by atoms with Gasteiger partial charge in [0.15, 0.2) is 0 Å². The number of thioether (sulfide) groups is 1. The number of benzene rings is 2. The minimum Gasteiger partial charge on any atom is -0.496 e. The van der Waals surface area contributed by atoms with Crippen LogP contribution in [0.1, 0.15) is 46.0 Å². The van der Waals surface area contributed by atoms with Gasteiger partial charge in [-0.1, -0.05) is 24.3 Å². The number of nitrogens with zero attached hydrogens (tertiary/aromatic N) is 1. The van der Waals surface area contributed by atoms with Crippen molar-refractivity contribution in [1.29, 1.82) is 0 Å². The van der Waals surface area contributed by atoms with E-state index in [1.54, 1.807) is 24.9 Å². The molecule has 4 atom stereocenters. The van der Waals surface area contributed by atoms with Crippen LogP contribution in [0.25, 0.3) is 10.8 Å². The number of carbonyl (C=O) groups excluding carboxylic acids is 6. The zero-order valence-corrected chi connectivity index (χ0v) is 27.7. The van der Waals surface area contributed by atoms with Gasteiger partial charge in [-0.2, -0.15) is 11.8 Å². The van der Waals surface area contributed by atoms with E-state index in [0.29, 0.717) is 43.0 Å². The van der Waals surface area contributed by atoms with Gasteiger partial charge in [0.2, 0.25) is 29.5 Å². The molecular weight excluding hydrogens is 614 g/mol. The molecule has 0 spiro atoms. The molecule has 4 N–H and O–H groups in total. The summed E-state index contributed by atoms with van der Waals surface area (Å²) in [7, 11) is 2.78. The molecule has 0 aromatic heterocycles. The molecule has 1 heterocycles. The number of nitrogens with one attached hydrogen (secondary N) is 4. The van der Waals surface area contributed by atoms with Crippen molar-refractivity contribution < 1.29 is 38.2 Å². The van der Waals surface area contributed by atoms with Crippen LogP contribution in [-0.4, -0.2) is 97.3 Å². The standard InChI is InChI=1S/C32H43N5O8S/c1-19(33-27(38)12-13-28(39)45-4)29(40)34-20(2)32(43)37-15-8-11-25(37)31(42)36-24(14-16-46-5)30(41)35-22-17-21-9-6-7-10-23(21)26(18-22)44-3/h6-7,9-10,17-20,24-25H,8,11-16H2,1-5H3,(H,33,38)(H,34,40)(H,35,41)(H,36,42). The Morgan fingerprint density at radius 2 is 1.70 bits per heavy atom. The number of methoxy groups -OCH3 is 2. The van der Waals surface area contributed by atoms with Gasteiger partial charge in [0.1, 0.15) is 29.9 Å². The Kier molecular flexibility index (Phi) is 13.7. The highest BCUT2D eigenvalue weighted by atomic mass is 32.2. The van der Waals surface area contributed by atoms with Gasteiger partial charge in [-0.3, -0.25) is 28.8 Å². The maximum absolute atomic E-state index is 13.5. The van der Waals surface area contributed by atoms with Crippen molar-refractivity contribution in [1.82, 2.24) is 20.9 Å². The minimum absolute atomic E-state index is 0.123. The number of hydrogen-bond acceptors (Lipinski definition) is 9. The third kappa shape index (κ3) is 9.83. The molecule has 3 rings (SSSR count). The molecule has 5 amide bonds. The van der Waals surface area contributed by atoms with Gasteiger partial charge in [-0.15, -0.1) is 0 Å². The second kappa shape index (κ2) is 17.4. The average Bonchev–Trinajstić information content (AvgIpc) is 3.54. The van der Waals surface area contributed by atoms with Crippen molar-refractivity contribution in [2.75, 3.05) is 38.1 Å². The van der Waals surface area contributed by atoms with E-state index in [2.05, 4.69) is 26.0 Å². The molecule has 0 bridgehead atoms. The largest absolute Gasteiger partial charge is 0.496 e. The number of anilines is 1. The molecule has 0 radical (unpaired) electrons. The van der Waals surface area contributed by atoms with Crippen molar-refractivity contribution in [3.63, 3.8) is 0 Å². The minimum atomic E-state index is -0.978. The van der Waals surface area contributed by atoms with Crippen molar-refractivity contribution >= 4 is 63.7 Å². The van der Waals surface area contributed by atoms with Crippen molar-refractivity contribution in [3.8, 4) is 5.75 Å². The Labute approximate surface area is 272 Å². The first-order valence-corrected chi connectivity index (χ1v) is 16.5. The summed E-state index contributed by atoms with van der Waals surface area (Å²) in [6.07, 6.45) is 3.00. The van der Waals surface area contributed by atoms with E-state index in [9.17, 15) is 28.8 Å². The number of likely N-dealkylation sites (tertiary alicyclic amines) is 1. The highest BCUT2D eigenvalue weighted by molar-refractivity contribution is 7.98. The topological polar surface area (TPSA) is 172 Å². The van der Waals surface area contributed by atoms with E-state index >= 15 is 0 Å². The lowest BCUT2D eigenvalue weighted by molar-refractivity contribution is -0.142. The van der Waals surface area contributed by atoms with Crippen molar-refractivity contribution in [2.45, 2.75) is 70.1 Å². The normalized spacial score (nSPS) is 16.1. The Morgan fingerprint density at radius 3 is 2.39 bits per heavy atom. The molecule has 4 unspecified atom stereocenters. The maximum Gasteiger partial charge on any atom is 0.306 e. The van der Waals surface area contributed by atoms with E-state index in [1.807, 2.05) is 36.6 Å². The Bertz CT molecular complexity index is 1440. The summed E-state index contributed by atoms with van der Waals surface area (Å²) >= 11 is 1.54. The molecule has 1 aliphatic heterocycles. The first kappa shape index (κ1) is 36.1. The zero-order chi connectivity index (χ0) is 33.8. The van der Waals surface area contributed by atoms with Gasteiger partial charge in [-0.05, 0) is 56.6 Å². The predicted octanol–water partition coefficient (Wildman–Crippen LogP) is 1.98. The zero-order valence-electron chi connectivity index (χ0n) is 26.8. The number of rotatable bonds is 15. The fourth-order valence-electron chi connectivity index (χ4n) is 5.17. The first-order valence-electron chi connectivity index (χ1n) is 15.1. The second-order valence-corrected chi connectivity index (χ2v) is 12.0. The average molecular weight is 658 g/mol. The van der Waals surface area contributed by atoms with Crippen LogP contribution in [0.5, 0.6) is 5.75 Å². The summed E-state index contributed by atoms with van der Waals surface area (Å²) in [5.41, 5.74) is 0.528. The molecule has 250 valence electrons. The molecule has 46 heavy (non-hydrogen) atoms. The van der Waals surface area contributed by atoms with Crippen LogP contribution in [-0.2, 0) is 33.5 Å². The Morgan fingerprint density at radius 1 is 0.957 bits per heavy atom. The summed E-state index contributed by atoms with van der Waals surface area (Å²) < 4.78 is 10.0. The number of hydrogen-bond donors (Lipinski definition) is 4. The second-order valence-electron chi connectivity index (χ2n) is 11.0. The van der Waals surface area contributed by atoms with Gasteiger partial charge < -0.3 is 35.6 Å². The van der Waals surface area contributed by atoms with Gasteiger partial charge in [0.25, 0.3) is 0 Å². The Balaban J connectivity index is 1.62. The van der Waals surface area contributed by atoms with Crippen LogP contribution in [0, 0.1) is 0 Å². The SMILES string of the molecule is COC(=O)CCC(=O)NC(C)C(=O)NC(C)C(=O)N1CCCC1C(=O)NC(CCSC)C(=O)Nc1cc(OC)c2ccccc2c1. The van der Waals surface area contributed by atoms with Gasteiger partial charge in [0.05, 0.1) is 20.6 Å². The van der Waals surface area contributed by atoms with Crippen LogP contribution >= 0.6 is 11.8 Å². The van der Waals surface area contributed by atoms with E-state index in [0.717, 1.165) is 10.8 Å². The van der Waals surface area contributed by atoms with E-state index in [1.165, 1.54) is 25.9 Å². The first-order chi connectivity index (χ1) is 22.0. The van der Waals surface area contributed by atoms with Crippen LogP contribution in [0.3, 0.4) is 0 Å². The molecule has 13 nitrogen and oxygen atoms in total. The lowest BCUT2D eigenvalue weighted by Gasteiger charge is -2.29. The number of fused-ring (bicyclic) bond motifs is 1. The molecule has 1 saturated heterocycles. The Hall–Kier alpha value is -4.33. The molecule has 2 aromatic rings. The van der Waals surface area contributed by atoms with E-state index in [4.69, 9.17) is 4.74 Å². The van der Waals surface area contributed by atoms with Crippen LogP contribution < -0.4 is 26.0 Å². The fourth-order valence-corrected chi connectivity index (χ4v) is 5.64. The van der Waals surface area contributed by atoms with Gasteiger partial charge >= 0.3 is 5.97 Å². The van der Waals surface area contributed by atoms with Crippen LogP contribution in [0.15, 0.2) is 36.4 Å². The smallest absolute Gasteiger partial charge is 0.306 e. The van der Waals surface area contributed by atoms with Crippen molar-refractivity contribution in [3.05, 3.63) is 36.4 Å². The number of ether oxygens (including phenoxy) is 2. The monoisotopic (exact) mass is 657 g/mol. The molecule has 0 saturated carbocycles. The third-order valence-electron chi connectivity index (χ3n) is 7.68. The highest BCUT2D eigenvalue weighted by Gasteiger charge is 2.38. The number of amides is 5. The van der Waals surface area contributed by atoms with Crippen LogP contribution in [0.2, 0.25) is 0 Å². The summed E-state index contributed by atoms with van der Waals surface area (Å²) in [6, 6.07) is 7.61. The molecule has 1 fully saturated rings. The predicted molar refractivity (Wildman–Crippen MR) is 175 cm³/mol. The summed E-state index contributed by atoms with van der Waals surface area (Å²) in [5, 5.41) is 12.6. The molecule has 1 aliphatic rings.